The number of hydrogen-bond acceptors (Lipinski definition) is 3. The predicted octanol–water partition coefficient (Wildman–Crippen LogP) is 2.71. The zero-order valence-electron chi connectivity index (χ0n) is 15.7. The molecule has 26 heavy (non-hydrogen) atoms. The van der Waals surface area contributed by atoms with E-state index < -0.39 is 23.5 Å². The smallest absolute Gasteiger partial charge is 0.308 e. The van der Waals surface area contributed by atoms with Crippen molar-refractivity contribution in [1.29, 1.82) is 0 Å². The van der Waals surface area contributed by atoms with Crippen LogP contribution in [0.5, 0.6) is 0 Å². The van der Waals surface area contributed by atoms with Crippen molar-refractivity contribution in [2.24, 2.45) is 5.92 Å². The molecule has 1 aromatic carbocycles. The maximum atomic E-state index is 12.7. The molecular weight excluding hydrogens is 332 g/mol. The molecule has 0 saturated heterocycles. The molecule has 1 aliphatic carbocycles. The normalized spacial score (nSPS) is 23.7. The van der Waals surface area contributed by atoms with Crippen molar-refractivity contribution in [2.75, 3.05) is 0 Å². The van der Waals surface area contributed by atoms with Crippen molar-refractivity contribution in [3.8, 4) is 0 Å². The first-order chi connectivity index (χ1) is 12.2. The highest BCUT2D eigenvalue weighted by Crippen LogP contribution is 2.34. The molecule has 3 unspecified atom stereocenters. The summed E-state index contributed by atoms with van der Waals surface area (Å²) in [5.74, 6) is -1.92. The molecule has 1 aliphatic rings. The number of amides is 2. The number of carboxylic acid groups (broad SMARTS) is 1. The van der Waals surface area contributed by atoms with Gasteiger partial charge in [0.25, 0.3) is 0 Å². The van der Waals surface area contributed by atoms with Crippen LogP contribution in [0.15, 0.2) is 24.3 Å². The molecule has 6 nitrogen and oxygen atoms in total. The molecular formula is C20H28N2O4. The van der Waals surface area contributed by atoms with Gasteiger partial charge in [-0.2, -0.15) is 0 Å². The second-order valence-corrected chi connectivity index (χ2v) is 7.47. The first kappa shape index (κ1) is 19.9. The Balaban J connectivity index is 2.12. The lowest BCUT2D eigenvalue weighted by atomic mass is 9.73. The van der Waals surface area contributed by atoms with Crippen LogP contribution in [-0.4, -0.2) is 28.4 Å². The molecule has 0 spiro atoms. The molecule has 1 saturated carbocycles. The number of aryl methyl sites for hydroxylation is 1. The minimum Gasteiger partial charge on any atom is -0.481 e. The van der Waals surface area contributed by atoms with E-state index >= 15 is 0 Å². The van der Waals surface area contributed by atoms with E-state index in [0.29, 0.717) is 12.8 Å². The standard InChI is InChI=1S/C20H28N2O4/c1-13-7-9-15(10-8-13)17(21-14(2)23)12-18(24)22-20(3)11-5-4-6-16(20)19(25)26/h7-10,16-17H,4-6,11-12H2,1-3H3,(H,21,23)(H,22,24)(H,25,26). The van der Waals surface area contributed by atoms with Gasteiger partial charge < -0.3 is 15.7 Å². The van der Waals surface area contributed by atoms with E-state index in [0.717, 1.165) is 24.0 Å². The fourth-order valence-corrected chi connectivity index (χ4v) is 3.73. The summed E-state index contributed by atoms with van der Waals surface area (Å²) in [7, 11) is 0. The Morgan fingerprint density at radius 1 is 1.23 bits per heavy atom. The first-order valence-corrected chi connectivity index (χ1v) is 9.09. The Labute approximate surface area is 154 Å². The summed E-state index contributed by atoms with van der Waals surface area (Å²) in [4.78, 5) is 35.8. The van der Waals surface area contributed by atoms with Crippen LogP contribution in [0.2, 0.25) is 0 Å². The van der Waals surface area contributed by atoms with E-state index in [1.165, 1.54) is 6.92 Å². The number of carbonyl (C=O) groups is 3. The molecule has 0 bridgehead atoms. The molecule has 6 heteroatoms. The molecule has 0 aliphatic heterocycles. The highest BCUT2D eigenvalue weighted by atomic mass is 16.4. The Morgan fingerprint density at radius 2 is 1.88 bits per heavy atom. The van der Waals surface area contributed by atoms with Gasteiger partial charge in [-0.05, 0) is 32.3 Å². The molecule has 1 aromatic rings. The maximum Gasteiger partial charge on any atom is 0.308 e. The highest BCUT2D eigenvalue weighted by molar-refractivity contribution is 5.81. The summed E-state index contributed by atoms with van der Waals surface area (Å²) in [6.07, 6.45) is 3.04. The number of rotatable bonds is 6. The Bertz CT molecular complexity index is 671. The van der Waals surface area contributed by atoms with Gasteiger partial charge in [0, 0.05) is 6.92 Å². The lowest BCUT2D eigenvalue weighted by molar-refractivity contribution is -0.146. The van der Waals surface area contributed by atoms with E-state index in [4.69, 9.17) is 0 Å². The number of benzene rings is 1. The second kappa shape index (κ2) is 8.34. The quantitative estimate of drug-likeness (QED) is 0.727. The average molecular weight is 360 g/mol. The molecule has 3 atom stereocenters. The van der Waals surface area contributed by atoms with Crippen LogP contribution in [0.25, 0.3) is 0 Å². The van der Waals surface area contributed by atoms with Crippen LogP contribution < -0.4 is 10.6 Å². The van der Waals surface area contributed by atoms with Gasteiger partial charge in [0.1, 0.15) is 0 Å². The largest absolute Gasteiger partial charge is 0.481 e. The number of nitrogens with one attached hydrogen (secondary N) is 2. The van der Waals surface area contributed by atoms with Crippen LogP contribution in [-0.2, 0) is 14.4 Å². The summed E-state index contributed by atoms with van der Waals surface area (Å²) < 4.78 is 0. The summed E-state index contributed by atoms with van der Waals surface area (Å²) in [6.45, 7) is 5.20. The number of aliphatic carboxylic acids is 1. The Hall–Kier alpha value is -2.37. The topological polar surface area (TPSA) is 95.5 Å². The van der Waals surface area contributed by atoms with Gasteiger partial charge in [-0.25, -0.2) is 0 Å². The van der Waals surface area contributed by atoms with Crippen LogP contribution in [0.4, 0.5) is 0 Å². The molecule has 0 aromatic heterocycles. The van der Waals surface area contributed by atoms with Crippen LogP contribution in [0.1, 0.15) is 63.1 Å². The van der Waals surface area contributed by atoms with E-state index in [-0.39, 0.29) is 18.2 Å². The van der Waals surface area contributed by atoms with Gasteiger partial charge in [0.05, 0.1) is 23.9 Å². The van der Waals surface area contributed by atoms with E-state index in [1.54, 1.807) is 0 Å². The summed E-state index contributed by atoms with van der Waals surface area (Å²) in [5, 5.41) is 15.2. The van der Waals surface area contributed by atoms with Crippen molar-refractivity contribution in [1.82, 2.24) is 10.6 Å². The molecule has 2 rings (SSSR count). The fraction of sp³-hybridized carbons (Fsp3) is 0.550. The molecule has 1 fully saturated rings. The van der Waals surface area contributed by atoms with Crippen molar-refractivity contribution in [2.45, 2.75) is 64.5 Å². The molecule has 142 valence electrons. The maximum absolute atomic E-state index is 12.7. The van der Waals surface area contributed by atoms with Gasteiger partial charge in [0.15, 0.2) is 0 Å². The summed E-state index contributed by atoms with van der Waals surface area (Å²) >= 11 is 0. The third-order valence-corrected chi connectivity index (χ3v) is 5.18. The minimum atomic E-state index is -0.871. The van der Waals surface area contributed by atoms with Crippen molar-refractivity contribution in [3.05, 3.63) is 35.4 Å². The van der Waals surface area contributed by atoms with E-state index in [2.05, 4.69) is 10.6 Å². The molecule has 2 amide bonds. The minimum absolute atomic E-state index is 0.0740. The lowest BCUT2D eigenvalue weighted by Gasteiger charge is -2.40. The number of hydrogen-bond donors (Lipinski definition) is 3. The summed E-state index contributed by atoms with van der Waals surface area (Å²) in [5.41, 5.74) is 1.19. The Morgan fingerprint density at radius 3 is 2.46 bits per heavy atom. The van der Waals surface area contributed by atoms with Crippen molar-refractivity contribution >= 4 is 17.8 Å². The fourth-order valence-electron chi connectivity index (χ4n) is 3.73. The van der Waals surface area contributed by atoms with Crippen LogP contribution >= 0.6 is 0 Å². The van der Waals surface area contributed by atoms with E-state index in [9.17, 15) is 19.5 Å². The van der Waals surface area contributed by atoms with Gasteiger partial charge >= 0.3 is 5.97 Å². The number of carboxylic acids is 1. The highest BCUT2D eigenvalue weighted by Gasteiger charge is 2.42. The predicted molar refractivity (Wildman–Crippen MR) is 98.5 cm³/mol. The Kier molecular flexibility index (Phi) is 6.40. The summed E-state index contributed by atoms with van der Waals surface area (Å²) in [6, 6.07) is 7.22. The van der Waals surface area contributed by atoms with Gasteiger partial charge in [-0.3, -0.25) is 14.4 Å². The zero-order chi connectivity index (χ0) is 19.3. The zero-order valence-corrected chi connectivity index (χ0v) is 15.7. The first-order valence-electron chi connectivity index (χ1n) is 9.09. The van der Waals surface area contributed by atoms with Crippen LogP contribution in [0.3, 0.4) is 0 Å². The lowest BCUT2D eigenvalue weighted by Crippen LogP contribution is -2.55. The SMILES string of the molecule is CC(=O)NC(CC(=O)NC1(C)CCCCC1C(=O)O)c1ccc(C)cc1. The van der Waals surface area contributed by atoms with Gasteiger partial charge in [-0.15, -0.1) is 0 Å². The van der Waals surface area contributed by atoms with Gasteiger partial charge in [0.2, 0.25) is 11.8 Å². The second-order valence-electron chi connectivity index (χ2n) is 7.47. The van der Waals surface area contributed by atoms with Crippen molar-refractivity contribution in [3.63, 3.8) is 0 Å². The van der Waals surface area contributed by atoms with Crippen LogP contribution in [0, 0.1) is 12.8 Å². The molecule has 0 heterocycles. The molecule has 3 N–H and O–H groups in total. The monoisotopic (exact) mass is 360 g/mol. The third kappa shape index (κ3) is 5.07. The third-order valence-electron chi connectivity index (χ3n) is 5.18. The van der Waals surface area contributed by atoms with E-state index in [1.807, 2.05) is 38.1 Å². The number of carbonyl (C=O) groups excluding carboxylic acids is 2. The van der Waals surface area contributed by atoms with Gasteiger partial charge in [-0.1, -0.05) is 42.7 Å². The average Bonchev–Trinajstić information content (AvgIpc) is 2.54. The van der Waals surface area contributed by atoms with Crippen molar-refractivity contribution < 1.29 is 19.5 Å². The molecule has 0 radical (unpaired) electrons.